The Bertz CT molecular complexity index is 650. The molecule has 0 aromatic heterocycles. The van der Waals surface area contributed by atoms with Crippen molar-refractivity contribution in [3.05, 3.63) is 58.9 Å². The molecule has 5 heteroatoms. The van der Waals surface area contributed by atoms with E-state index >= 15 is 0 Å². The number of hydrogen-bond acceptors (Lipinski definition) is 2. The lowest BCUT2D eigenvalue weighted by atomic mass is 10.0. The minimum Gasteiger partial charge on any atom is -0.361 e. The van der Waals surface area contributed by atoms with Gasteiger partial charge in [0.05, 0.1) is 0 Å². The first kappa shape index (κ1) is 15.9. The van der Waals surface area contributed by atoms with Gasteiger partial charge in [0, 0.05) is 13.1 Å². The molecule has 0 radical (unpaired) electrons. The van der Waals surface area contributed by atoms with Gasteiger partial charge in [-0.2, -0.15) is 0 Å². The first-order chi connectivity index (χ1) is 10.5. The van der Waals surface area contributed by atoms with E-state index in [0.717, 1.165) is 29.5 Å². The molecule has 22 heavy (non-hydrogen) atoms. The molecular formula is C17H19FN2O2. The molecule has 2 N–H and O–H groups in total. The third kappa shape index (κ3) is 4.04. The summed E-state index contributed by atoms with van der Waals surface area (Å²) >= 11 is 0. The average molecular weight is 302 g/mol. The van der Waals surface area contributed by atoms with E-state index in [4.69, 9.17) is 5.73 Å². The van der Waals surface area contributed by atoms with Crippen molar-refractivity contribution in [2.45, 2.75) is 26.3 Å². The summed E-state index contributed by atoms with van der Waals surface area (Å²) in [6.07, 6.45) is 7.91. The van der Waals surface area contributed by atoms with Crippen LogP contribution in [0.4, 0.5) is 4.39 Å². The minimum absolute atomic E-state index is 0.221. The van der Waals surface area contributed by atoms with Crippen molar-refractivity contribution in [3.63, 3.8) is 0 Å². The van der Waals surface area contributed by atoms with Crippen LogP contribution in [-0.4, -0.2) is 23.3 Å². The molecule has 0 aliphatic heterocycles. The first-order valence-electron chi connectivity index (χ1n) is 7.16. The fraction of sp³-hybridized carbons (Fsp3) is 0.294. The van der Waals surface area contributed by atoms with Gasteiger partial charge in [0.1, 0.15) is 5.82 Å². The van der Waals surface area contributed by atoms with Crippen molar-refractivity contribution in [1.82, 2.24) is 4.90 Å². The summed E-state index contributed by atoms with van der Waals surface area (Å²) in [4.78, 5) is 24.7. The van der Waals surface area contributed by atoms with E-state index in [9.17, 15) is 14.0 Å². The van der Waals surface area contributed by atoms with Crippen LogP contribution in [0.1, 0.15) is 24.0 Å². The van der Waals surface area contributed by atoms with Gasteiger partial charge < -0.3 is 10.6 Å². The van der Waals surface area contributed by atoms with Gasteiger partial charge in [0.2, 0.25) is 0 Å². The van der Waals surface area contributed by atoms with Gasteiger partial charge in [0.25, 0.3) is 0 Å². The molecule has 2 amide bonds. The summed E-state index contributed by atoms with van der Waals surface area (Å²) in [5.41, 5.74) is 7.62. The summed E-state index contributed by atoms with van der Waals surface area (Å²) in [5.74, 6) is -2.05. The number of nitrogens with zero attached hydrogens (tertiary/aromatic N) is 1. The summed E-state index contributed by atoms with van der Waals surface area (Å²) in [7, 11) is 0. The van der Waals surface area contributed by atoms with Crippen LogP contribution in [0.5, 0.6) is 0 Å². The second-order valence-corrected chi connectivity index (χ2v) is 5.36. The van der Waals surface area contributed by atoms with Crippen LogP contribution >= 0.6 is 0 Å². The van der Waals surface area contributed by atoms with Crippen molar-refractivity contribution in [1.29, 1.82) is 0 Å². The number of primary amides is 1. The molecule has 0 fully saturated rings. The van der Waals surface area contributed by atoms with Gasteiger partial charge in [-0.25, -0.2) is 4.39 Å². The Hall–Kier alpha value is -2.43. The predicted octanol–water partition coefficient (Wildman–Crippen LogP) is 2.22. The number of carbonyl (C=O) groups excluding carboxylic acids is 2. The zero-order chi connectivity index (χ0) is 16.1. The SMILES string of the molecule is Cc1cc(F)ccc1CN(CC1=CCCC=C1)C(=O)C(N)=O. The number of aryl methyl sites for hydroxylation is 1. The van der Waals surface area contributed by atoms with Gasteiger partial charge in [-0.05, 0) is 48.6 Å². The number of carbonyl (C=O) groups is 2. The van der Waals surface area contributed by atoms with E-state index in [1.807, 2.05) is 18.2 Å². The summed E-state index contributed by atoms with van der Waals surface area (Å²) in [6, 6.07) is 4.37. The number of amides is 2. The van der Waals surface area contributed by atoms with E-state index in [0.29, 0.717) is 6.54 Å². The van der Waals surface area contributed by atoms with Crippen LogP contribution in [0.15, 0.2) is 42.0 Å². The van der Waals surface area contributed by atoms with Crippen LogP contribution in [0.2, 0.25) is 0 Å². The van der Waals surface area contributed by atoms with E-state index in [1.165, 1.54) is 17.0 Å². The van der Waals surface area contributed by atoms with E-state index in [2.05, 4.69) is 0 Å². The molecule has 1 aliphatic carbocycles. The molecule has 0 atom stereocenters. The third-order valence-electron chi connectivity index (χ3n) is 3.61. The Kier molecular flexibility index (Phi) is 5.09. The highest BCUT2D eigenvalue weighted by Gasteiger charge is 2.21. The molecule has 1 aromatic rings. The molecule has 2 rings (SSSR count). The zero-order valence-electron chi connectivity index (χ0n) is 12.5. The predicted molar refractivity (Wildman–Crippen MR) is 82.2 cm³/mol. The molecule has 0 saturated heterocycles. The second kappa shape index (κ2) is 7.02. The maximum Gasteiger partial charge on any atom is 0.312 e. The second-order valence-electron chi connectivity index (χ2n) is 5.36. The molecule has 1 aliphatic rings. The van der Waals surface area contributed by atoms with Crippen LogP contribution in [-0.2, 0) is 16.1 Å². The molecule has 4 nitrogen and oxygen atoms in total. The first-order valence-corrected chi connectivity index (χ1v) is 7.16. The third-order valence-corrected chi connectivity index (χ3v) is 3.61. The number of rotatable bonds is 4. The van der Waals surface area contributed by atoms with Gasteiger partial charge in [0.15, 0.2) is 0 Å². The average Bonchev–Trinajstić information content (AvgIpc) is 2.49. The van der Waals surface area contributed by atoms with Gasteiger partial charge in [-0.3, -0.25) is 9.59 Å². The maximum absolute atomic E-state index is 13.2. The van der Waals surface area contributed by atoms with E-state index < -0.39 is 11.8 Å². The molecule has 116 valence electrons. The largest absolute Gasteiger partial charge is 0.361 e. The molecule has 0 unspecified atom stereocenters. The highest BCUT2D eigenvalue weighted by molar-refractivity contribution is 6.34. The Morgan fingerprint density at radius 1 is 1.27 bits per heavy atom. The number of allylic oxidation sites excluding steroid dienone is 2. The van der Waals surface area contributed by atoms with Gasteiger partial charge >= 0.3 is 11.8 Å². The fourth-order valence-electron chi connectivity index (χ4n) is 2.40. The van der Waals surface area contributed by atoms with Crippen molar-refractivity contribution in [2.24, 2.45) is 5.73 Å². The Morgan fingerprint density at radius 2 is 2.05 bits per heavy atom. The smallest absolute Gasteiger partial charge is 0.312 e. The highest BCUT2D eigenvalue weighted by Crippen LogP contribution is 2.16. The summed E-state index contributed by atoms with van der Waals surface area (Å²) in [5, 5.41) is 0. The standard InChI is InChI=1S/C17H19FN2O2/c1-12-9-15(18)8-7-14(12)11-20(17(22)16(19)21)10-13-5-3-2-4-6-13/h3,5-9H,2,4,10-11H2,1H3,(H2,19,21). The van der Waals surface area contributed by atoms with Crippen LogP contribution in [0, 0.1) is 12.7 Å². The van der Waals surface area contributed by atoms with Gasteiger partial charge in [-0.15, -0.1) is 0 Å². The van der Waals surface area contributed by atoms with Crippen molar-refractivity contribution in [2.75, 3.05) is 6.54 Å². The summed E-state index contributed by atoms with van der Waals surface area (Å²) in [6.45, 7) is 2.30. The van der Waals surface area contributed by atoms with Crippen molar-refractivity contribution < 1.29 is 14.0 Å². The quantitative estimate of drug-likeness (QED) is 0.867. The maximum atomic E-state index is 13.2. The van der Waals surface area contributed by atoms with Crippen molar-refractivity contribution >= 4 is 11.8 Å². The number of nitrogens with two attached hydrogens (primary N) is 1. The molecule has 0 heterocycles. The Balaban J connectivity index is 2.20. The Morgan fingerprint density at radius 3 is 2.64 bits per heavy atom. The lowest BCUT2D eigenvalue weighted by Gasteiger charge is -2.23. The zero-order valence-corrected chi connectivity index (χ0v) is 12.5. The highest BCUT2D eigenvalue weighted by atomic mass is 19.1. The molecular weight excluding hydrogens is 283 g/mol. The number of hydrogen-bond donors (Lipinski definition) is 1. The lowest BCUT2D eigenvalue weighted by Crippen LogP contribution is -2.41. The molecule has 0 spiro atoms. The van der Waals surface area contributed by atoms with Crippen LogP contribution in [0.3, 0.4) is 0 Å². The lowest BCUT2D eigenvalue weighted by molar-refractivity contribution is -0.144. The Labute approximate surface area is 129 Å². The van der Waals surface area contributed by atoms with E-state index in [1.54, 1.807) is 13.0 Å². The van der Waals surface area contributed by atoms with Crippen molar-refractivity contribution in [3.8, 4) is 0 Å². The molecule has 0 saturated carbocycles. The fourth-order valence-corrected chi connectivity index (χ4v) is 2.40. The number of benzene rings is 1. The van der Waals surface area contributed by atoms with Gasteiger partial charge in [-0.1, -0.05) is 24.3 Å². The molecule has 1 aromatic carbocycles. The van der Waals surface area contributed by atoms with Crippen LogP contribution in [0.25, 0.3) is 0 Å². The monoisotopic (exact) mass is 302 g/mol. The topological polar surface area (TPSA) is 63.4 Å². The minimum atomic E-state index is -0.986. The molecule has 0 bridgehead atoms. The normalized spacial score (nSPS) is 13.6. The number of halogens is 1. The van der Waals surface area contributed by atoms with E-state index in [-0.39, 0.29) is 12.4 Å². The van der Waals surface area contributed by atoms with Crippen LogP contribution < -0.4 is 5.73 Å². The summed E-state index contributed by atoms with van der Waals surface area (Å²) < 4.78 is 13.2.